The van der Waals surface area contributed by atoms with Gasteiger partial charge in [0.25, 0.3) is 0 Å². The molecule has 0 atom stereocenters. The molecule has 3 heterocycles. The van der Waals surface area contributed by atoms with Crippen molar-refractivity contribution in [1.82, 2.24) is 29.3 Å². The van der Waals surface area contributed by atoms with Crippen LogP contribution in [0.2, 0.25) is 0 Å². The van der Waals surface area contributed by atoms with E-state index in [-0.39, 0.29) is 6.61 Å². The number of thioether (sulfide) groups is 1. The van der Waals surface area contributed by atoms with Gasteiger partial charge in [-0.1, -0.05) is 11.8 Å². The number of hydrogen-bond acceptors (Lipinski definition) is 6. The lowest BCUT2D eigenvalue weighted by Crippen LogP contribution is -2.06. The molecule has 1 N–H and O–H groups in total. The Labute approximate surface area is 126 Å². The lowest BCUT2D eigenvalue weighted by molar-refractivity contribution is 0.271. The normalized spacial score (nSPS) is 11.4. The van der Waals surface area contributed by atoms with E-state index in [0.29, 0.717) is 18.1 Å². The van der Waals surface area contributed by atoms with Crippen molar-refractivity contribution in [3.8, 4) is 0 Å². The van der Waals surface area contributed by atoms with Gasteiger partial charge >= 0.3 is 0 Å². The molecule has 0 spiro atoms. The van der Waals surface area contributed by atoms with E-state index in [1.807, 2.05) is 24.1 Å². The number of aliphatic hydroxyl groups is 1. The molecule has 0 aliphatic carbocycles. The topological polar surface area (TPSA) is 81.7 Å². The quantitative estimate of drug-likeness (QED) is 0.556. The van der Waals surface area contributed by atoms with Crippen molar-refractivity contribution in [3.63, 3.8) is 0 Å². The number of hydrogen-bond donors (Lipinski definition) is 1. The summed E-state index contributed by atoms with van der Waals surface area (Å²) in [5.41, 5.74) is 2.63. The molecule has 21 heavy (non-hydrogen) atoms. The van der Waals surface area contributed by atoms with Gasteiger partial charge in [0.1, 0.15) is 0 Å². The monoisotopic (exact) mass is 304 g/mol. The molecule has 110 valence electrons. The van der Waals surface area contributed by atoms with E-state index < -0.39 is 0 Å². The Hall–Kier alpha value is -1.93. The zero-order valence-electron chi connectivity index (χ0n) is 11.9. The van der Waals surface area contributed by atoms with E-state index in [0.717, 1.165) is 22.4 Å². The van der Waals surface area contributed by atoms with Gasteiger partial charge in [-0.15, -0.1) is 0 Å². The molecule has 7 nitrogen and oxygen atoms in total. The Morgan fingerprint density at radius 2 is 2.19 bits per heavy atom. The summed E-state index contributed by atoms with van der Waals surface area (Å²) >= 11 is 1.49. The Morgan fingerprint density at radius 3 is 2.86 bits per heavy atom. The van der Waals surface area contributed by atoms with E-state index in [1.165, 1.54) is 11.8 Å². The highest BCUT2D eigenvalue weighted by molar-refractivity contribution is 7.98. The Kier molecular flexibility index (Phi) is 3.89. The van der Waals surface area contributed by atoms with Gasteiger partial charge < -0.3 is 9.67 Å². The van der Waals surface area contributed by atoms with Crippen molar-refractivity contribution in [3.05, 3.63) is 30.1 Å². The van der Waals surface area contributed by atoms with Crippen LogP contribution < -0.4 is 0 Å². The van der Waals surface area contributed by atoms with Gasteiger partial charge in [0.15, 0.2) is 10.8 Å². The summed E-state index contributed by atoms with van der Waals surface area (Å²) in [6.07, 6.45) is 8.09. The predicted octanol–water partition coefficient (Wildman–Crippen LogP) is 0.865. The molecule has 3 rings (SSSR count). The maximum absolute atomic E-state index is 9.11. The van der Waals surface area contributed by atoms with Crippen LogP contribution in [0.25, 0.3) is 11.0 Å². The molecule has 0 bridgehead atoms. The van der Waals surface area contributed by atoms with E-state index in [2.05, 4.69) is 20.1 Å². The third-order valence-corrected chi connectivity index (χ3v) is 3.70. The number of imidazole rings is 1. The van der Waals surface area contributed by atoms with Crippen LogP contribution in [0.15, 0.2) is 23.9 Å². The SMILES string of the molecule is CSc1nc(Cc2cn(C)cn2)c2cnn(CCO)c2n1. The second kappa shape index (κ2) is 5.82. The molecule has 8 heteroatoms. The summed E-state index contributed by atoms with van der Waals surface area (Å²) < 4.78 is 3.62. The second-order valence-corrected chi connectivity index (χ2v) is 5.47. The lowest BCUT2D eigenvalue weighted by Gasteiger charge is -2.05. The maximum atomic E-state index is 9.11. The van der Waals surface area contributed by atoms with Crippen LogP contribution in [0, 0.1) is 0 Å². The first-order chi connectivity index (χ1) is 10.2. The third kappa shape index (κ3) is 2.77. The minimum absolute atomic E-state index is 0.0327. The van der Waals surface area contributed by atoms with Gasteiger partial charge in [-0.3, -0.25) is 0 Å². The molecule has 0 aliphatic rings. The standard InChI is InChI=1S/C13H16N6OS/c1-18-7-9(14-8-18)5-11-10-6-15-19(3-4-20)12(10)17-13(16-11)21-2/h6-8,20H,3-5H2,1-2H3. The fourth-order valence-electron chi connectivity index (χ4n) is 2.21. The Bertz CT molecular complexity index is 765. The van der Waals surface area contributed by atoms with Crippen LogP contribution in [-0.2, 0) is 20.0 Å². The van der Waals surface area contributed by atoms with E-state index in [1.54, 1.807) is 17.2 Å². The van der Waals surface area contributed by atoms with Gasteiger partial charge in [-0.05, 0) is 6.26 Å². The number of aryl methyl sites for hydroxylation is 1. The molecular weight excluding hydrogens is 288 g/mol. The van der Waals surface area contributed by atoms with E-state index >= 15 is 0 Å². The highest BCUT2D eigenvalue weighted by Gasteiger charge is 2.13. The van der Waals surface area contributed by atoms with E-state index in [4.69, 9.17) is 5.11 Å². The molecule has 0 saturated carbocycles. The van der Waals surface area contributed by atoms with Gasteiger partial charge in [-0.25, -0.2) is 19.6 Å². The molecule has 0 saturated heterocycles. The maximum Gasteiger partial charge on any atom is 0.189 e. The molecule has 3 aromatic heterocycles. The highest BCUT2D eigenvalue weighted by atomic mass is 32.2. The van der Waals surface area contributed by atoms with Crippen molar-refractivity contribution in [1.29, 1.82) is 0 Å². The largest absolute Gasteiger partial charge is 0.394 e. The van der Waals surface area contributed by atoms with Gasteiger partial charge in [0.2, 0.25) is 0 Å². The van der Waals surface area contributed by atoms with Gasteiger partial charge in [0, 0.05) is 19.7 Å². The summed E-state index contributed by atoms with van der Waals surface area (Å²) in [4.78, 5) is 13.4. The average Bonchev–Trinajstić information content (AvgIpc) is 3.06. The van der Waals surface area contributed by atoms with Crippen LogP contribution in [0.4, 0.5) is 0 Å². The summed E-state index contributed by atoms with van der Waals surface area (Å²) in [7, 11) is 1.94. The number of nitrogens with zero attached hydrogens (tertiary/aromatic N) is 6. The predicted molar refractivity (Wildman–Crippen MR) is 80.2 cm³/mol. The zero-order valence-corrected chi connectivity index (χ0v) is 12.7. The number of aromatic nitrogens is 6. The summed E-state index contributed by atoms with van der Waals surface area (Å²) in [5.74, 6) is 0. The third-order valence-electron chi connectivity index (χ3n) is 3.16. The number of rotatable bonds is 5. The van der Waals surface area contributed by atoms with Crippen molar-refractivity contribution in [2.75, 3.05) is 12.9 Å². The molecule has 0 aromatic carbocycles. The minimum atomic E-state index is 0.0327. The molecule has 0 amide bonds. The molecule has 0 aliphatic heterocycles. The number of fused-ring (bicyclic) bond motifs is 1. The van der Waals surface area contributed by atoms with Crippen molar-refractivity contribution >= 4 is 22.8 Å². The van der Waals surface area contributed by atoms with Gasteiger partial charge in [0.05, 0.1) is 42.4 Å². The van der Waals surface area contributed by atoms with Crippen molar-refractivity contribution < 1.29 is 5.11 Å². The molecule has 0 fully saturated rings. The fraction of sp³-hybridized carbons (Fsp3) is 0.385. The van der Waals surface area contributed by atoms with Crippen LogP contribution in [0.3, 0.4) is 0 Å². The van der Waals surface area contributed by atoms with Crippen molar-refractivity contribution in [2.24, 2.45) is 7.05 Å². The van der Waals surface area contributed by atoms with E-state index in [9.17, 15) is 0 Å². The summed E-state index contributed by atoms with van der Waals surface area (Å²) in [5, 5.41) is 15.0. The van der Waals surface area contributed by atoms with Crippen LogP contribution in [0.1, 0.15) is 11.4 Å². The van der Waals surface area contributed by atoms with Crippen LogP contribution in [0.5, 0.6) is 0 Å². The lowest BCUT2D eigenvalue weighted by atomic mass is 10.2. The fourth-order valence-corrected chi connectivity index (χ4v) is 2.59. The Balaban J connectivity index is 2.07. The molecule has 0 radical (unpaired) electrons. The van der Waals surface area contributed by atoms with Crippen LogP contribution >= 0.6 is 11.8 Å². The smallest absolute Gasteiger partial charge is 0.189 e. The highest BCUT2D eigenvalue weighted by Crippen LogP contribution is 2.21. The van der Waals surface area contributed by atoms with Crippen LogP contribution in [-0.4, -0.2) is 47.3 Å². The average molecular weight is 304 g/mol. The first-order valence-corrected chi connectivity index (χ1v) is 7.78. The summed E-state index contributed by atoms with van der Waals surface area (Å²) in [6.45, 7) is 0.461. The zero-order chi connectivity index (χ0) is 14.8. The Morgan fingerprint density at radius 1 is 1.33 bits per heavy atom. The first kappa shape index (κ1) is 14.0. The van der Waals surface area contributed by atoms with Crippen molar-refractivity contribution in [2.45, 2.75) is 18.1 Å². The first-order valence-electron chi connectivity index (χ1n) is 6.55. The molecular formula is C13H16N6OS. The molecule has 0 unspecified atom stereocenters. The summed E-state index contributed by atoms with van der Waals surface area (Å²) in [6, 6.07) is 0. The molecule has 3 aromatic rings. The minimum Gasteiger partial charge on any atom is -0.394 e. The second-order valence-electron chi connectivity index (χ2n) is 4.69. The number of aliphatic hydroxyl groups excluding tert-OH is 1. The van der Waals surface area contributed by atoms with Gasteiger partial charge in [-0.2, -0.15) is 5.10 Å².